The Bertz CT molecular complexity index is 135. The Kier molecular flexibility index (Phi) is 2.73. The van der Waals surface area contributed by atoms with Crippen LogP contribution in [0.1, 0.15) is 58.3 Å². The predicted molar refractivity (Wildman–Crippen MR) is 53.1 cm³/mol. The lowest BCUT2D eigenvalue weighted by Gasteiger charge is -2.37. The number of rotatable bonds is 5. The van der Waals surface area contributed by atoms with Gasteiger partial charge in [-0.25, -0.2) is 0 Å². The molecule has 0 aromatic rings. The van der Waals surface area contributed by atoms with Gasteiger partial charge in [-0.3, -0.25) is 0 Å². The van der Waals surface area contributed by atoms with Crippen molar-refractivity contribution >= 4 is 0 Å². The molecular weight excluding hydrogens is 144 g/mol. The molecule has 2 aliphatic rings. The van der Waals surface area contributed by atoms with Crippen molar-refractivity contribution in [3.05, 3.63) is 0 Å². The van der Waals surface area contributed by atoms with Crippen molar-refractivity contribution < 1.29 is 0 Å². The molecule has 2 saturated carbocycles. The quantitative estimate of drug-likeness (QED) is 0.541. The van der Waals surface area contributed by atoms with E-state index in [0.29, 0.717) is 0 Å². The van der Waals surface area contributed by atoms with Crippen molar-refractivity contribution in [1.82, 2.24) is 0 Å². The highest BCUT2D eigenvalue weighted by atomic mass is 14.5. The lowest BCUT2D eigenvalue weighted by molar-refractivity contribution is 0.136. The van der Waals surface area contributed by atoms with Gasteiger partial charge in [-0.2, -0.15) is 0 Å². The van der Waals surface area contributed by atoms with Crippen LogP contribution in [0.4, 0.5) is 0 Å². The summed E-state index contributed by atoms with van der Waals surface area (Å²) < 4.78 is 0. The van der Waals surface area contributed by atoms with Gasteiger partial charge in [-0.05, 0) is 43.4 Å². The molecule has 12 heavy (non-hydrogen) atoms. The van der Waals surface area contributed by atoms with Crippen LogP contribution >= 0.6 is 0 Å². The first kappa shape index (κ1) is 8.59. The van der Waals surface area contributed by atoms with Crippen LogP contribution in [-0.2, 0) is 0 Å². The van der Waals surface area contributed by atoms with Gasteiger partial charge in [-0.1, -0.05) is 32.6 Å². The summed E-state index contributed by atoms with van der Waals surface area (Å²) in [6, 6.07) is 0. The molecule has 0 aliphatic heterocycles. The summed E-state index contributed by atoms with van der Waals surface area (Å²) in [5.74, 6) is 3.52. The zero-order valence-corrected chi connectivity index (χ0v) is 8.39. The molecule has 0 aromatic carbocycles. The Morgan fingerprint density at radius 3 is 2.33 bits per heavy atom. The molecule has 0 N–H and O–H groups in total. The molecule has 0 heterocycles. The highest BCUT2D eigenvalue weighted by molar-refractivity contribution is 4.91. The minimum Gasteiger partial charge on any atom is -0.0654 e. The maximum absolute atomic E-state index is 2.30. The molecular formula is C12H22. The van der Waals surface area contributed by atoms with Crippen LogP contribution in [0.5, 0.6) is 0 Å². The topological polar surface area (TPSA) is 0 Å². The molecule has 0 radical (unpaired) electrons. The van der Waals surface area contributed by atoms with Gasteiger partial charge in [0.05, 0.1) is 0 Å². The average molecular weight is 166 g/mol. The lowest BCUT2D eigenvalue weighted by atomic mass is 9.69. The monoisotopic (exact) mass is 166 g/mol. The van der Waals surface area contributed by atoms with Gasteiger partial charge in [0.2, 0.25) is 0 Å². The van der Waals surface area contributed by atoms with Crippen molar-refractivity contribution in [2.75, 3.05) is 0 Å². The van der Waals surface area contributed by atoms with Gasteiger partial charge in [0, 0.05) is 0 Å². The van der Waals surface area contributed by atoms with Crippen LogP contribution < -0.4 is 0 Å². The van der Waals surface area contributed by atoms with Gasteiger partial charge < -0.3 is 0 Å². The van der Waals surface area contributed by atoms with Crippen LogP contribution in [0.2, 0.25) is 0 Å². The fourth-order valence-corrected chi connectivity index (χ4v) is 2.75. The summed E-state index contributed by atoms with van der Waals surface area (Å²) in [7, 11) is 0. The smallest absolute Gasteiger partial charge is 0.0357 e. The van der Waals surface area contributed by atoms with E-state index in [0.717, 1.165) is 5.92 Å². The molecule has 70 valence electrons. The molecule has 0 bridgehead atoms. The fraction of sp³-hybridized carbons (Fsp3) is 1.00. The summed E-state index contributed by atoms with van der Waals surface area (Å²) in [5.41, 5.74) is 0. The molecule has 2 fully saturated rings. The second-order valence-electron chi connectivity index (χ2n) is 4.83. The fourth-order valence-electron chi connectivity index (χ4n) is 2.75. The molecule has 0 heteroatoms. The molecule has 2 rings (SSSR count). The third-order valence-electron chi connectivity index (χ3n) is 3.88. The molecule has 2 unspecified atom stereocenters. The molecule has 2 aliphatic carbocycles. The third kappa shape index (κ3) is 1.84. The molecule has 0 aromatic heterocycles. The maximum atomic E-state index is 2.30. The summed E-state index contributed by atoms with van der Waals surface area (Å²) >= 11 is 0. The van der Waals surface area contributed by atoms with E-state index >= 15 is 0 Å². The number of hydrogen-bond acceptors (Lipinski definition) is 0. The van der Waals surface area contributed by atoms with Crippen LogP contribution in [0.25, 0.3) is 0 Å². The van der Waals surface area contributed by atoms with E-state index in [-0.39, 0.29) is 0 Å². The molecule has 0 amide bonds. The van der Waals surface area contributed by atoms with Gasteiger partial charge in [-0.15, -0.1) is 0 Å². The minimum atomic E-state index is 1.16. The highest BCUT2D eigenvalue weighted by Crippen LogP contribution is 2.51. The Hall–Kier alpha value is 0. The first-order valence-electron chi connectivity index (χ1n) is 5.92. The van der Waals surface area contributed by atoms with Gasteiger partial charge >= 0.3 is 0 Å². The van der Waals surface area contributed by atoms with Crippen molar-refractivity contribution in [2.24, 2.45) is 17.8 Å². The normalized spacial score (nSPS) is 34.8. The Balaban J connectivity index is 1.60. The van der Waals surface area contributed by atoms with Crippen LogP contribution in [-0.4, -0.2) is 0 Å². The molecule has 0 nitrogen and oxygen atoms in total. The van der Waals surface area contributed by atoms with Crippen molar-refractivity contribution in [2.45, 2.75) is 58.3 Å². The van der Waals surface area contributed by atoms with E-state index in [2.05, 4.69) is 6.92 Å². The predicted octanol–water partition coefficient (Wildman–Crippen LogP) is 4.00. The van der Waals surface area contributed by atoms with E-state index in [1.54, 1.807) is 32.1 Å². The Morgan fingerprint density at radius 2 is 1.83 bits per heavy atom. The van der Waals surface area contributed by atoms with Crippen molar-refractivity contribution in [3.63, 3.8) is 0 Å². The van der Waals surface area contributed by atoms with E-state index < -0.39 is 0 Å². The maximum Gasteiger partial charge on any atom is -0.0357 e. The van der Waals surface area contributed by atoms with Gasteiger partial charge in [0.1, 0.15) is 0 Å². The number of unbranched alkanes of at least 4 members (excludes halogenated alkanes) is 2. The minimum absolute atomic E-state index is 1.16. The highest BCUT2D eigenvalue weighted by Gasteiger charge is 2.41. The second kappa shape index (κ2) is 3.81. The van der Waals surface area contributed by atoms with E-state index in [1.165, 1.54) is 31.1 Å². The Morgan fingerprint density at radius 1 is 1.00 bits per heavy atom. The van der Waals surface area contributed by atoms with Crippen LogP contribution in [0, 0.1) is 17.8 Å². The average Bonchev–Trinajstić information content (AvgIpc) is 2.80. The second-order valence-corrected chi connectivity index (χ2v) is 4.83. The first-order valence-corrected chi connectivity index (χ1v) is 5.92. The summed E-state index contributed by atoms with van der Waals surface area (Å²) in [6.07, 6.45) is 12.2. The summed E-state index contributed by atoms with van der Waals surface area (Å²) in [5, 5.41) is 0. The van der Waals surface area contributed by atoms with Crippen LogP contribution in [0.3, 0.4) is 0 Å². The largest absolute Gasteiger partial charge is 0.0654 e. The van der Waals surface area contributed by atoms with Crippen molar-refractivity contribution in [1.29, 1.82) is 0 Å². The SMILES string of the molecule is CCCCCC1CCC1C1CC1. The van der Waals surface area contributed by atoms with Crippen molar-refractivity contribution in [3.8, 4) is 0 Å². The lowest BCUT2D eigenvalue weighted by Crippen LogP contribution is -2.27. The molecule has 0 saturated heterocycles. The molecule has 0 spiro atoms. The third-order valence-corrected chi connectivity index (χ3v) is 3.88. The zero-order chi connectivity index (χ0) is 8.39. The Labute approximate surface area is 76.7 Å². The van der Waals surface area contributed by atoms with E-state index in [1.807, 2.05) is 0 Å². The summed E-state index contributed by atoms with van der Waals surface area (Å²) in [6.45, 7) is 2.30. The van der Waals surface area contributed by atoms with Gasteiger partial charge in [0.15, 0.2) is 0 Å². The van der Waals surface area contributed by atoms with Crippen LogP contribution in [0.15, 0.2) is 0 Å². The standard InChI is InChI=1S/C12H22/c1-2-3-4-5-10-8-9-12(10)11-6-7-11/h10-12H,2-9H2,1H3. The summed E-state index contributed by atoms with van der Waals surface area (Å²) in [4.78, 5) is 0. The molecule has 2 atom stereocenters. The van der Waals surface area contributed by atoms with E-state index in [9.17, 15) is 0 Å². The number of hydrogen-bond donors (Lipinski definition) is 0. The van der Waals surface area contributed by atoms with E-state index in [4.69, 9.17) is 0 Å². The zero-order valence-electron chi connectivity index (χ0n) is 8.39. The van der Waals surface area contributed by atoms with Gasteiger partial charge in [0.25, 0.3) is 0 Å². The first-order chi connectivity index (χ1) is 5.92.